The summed E-state index contributed by atoms with van der Waals surface area (Å²) in [6, 6.07) is 6.65. The van der Waals surface area contributed by atoms with Crippen LogP contribution in [0.5, 0.6) is 5.75 Å². The van der Waals surface area contributed by atoms with Crippen LogP contribution in [0.2, 0.25) is 0 Å². The number of halogens is 2. The number of esters is 1. The van der Waals surface area contributed by atoms with Crippen molar-refractivity contribution in [1.29, 1.82) is 0 Å². The number of aliphatic hydroxyl groups excluding tert-OH is 1. The molecule has 11 nitrogen and oxygen atoms in total. The van der Waals surface area contributed by atoms with E-state index in [0.29, 0.717) is 4.57 Å². The van der Waals surface area contributed by atoms with Gasteiger partial charge in [-0.25, -0.2) is 14.3 Å². The smallest absolute Gasteiger partial charge is 0.459 e. The van der Waals surface area contributed by atoms with Crippen LogP contribution in [0.15, 0.2) is 47.5 Å². The zero-order valence-corrected chi connectivity index (χ0v) is 18.8. The summed E-state index contributed by atoms with van der Waals surface area (Å²) in [4.78, 5) is 27.1. The average Bonchev–Trinajstić information content (AvgIpc) is 3.29. The van der Waals surface area contributed by atoms with Crippen molar-refractivity contribution in [3.05, 3.63) is 58.8 Å². The Labute approximate surface area is 192 Å². The number of aryl methyl sites for hydroxylation is 1. The van der Waals surface area contributed by atoms with Crippen LogP contribution in [0, 0.1) is 6.92 Å². The van der Waals surface area contributed by atoms with E-state index in [-0.39, 0.29) is 18.8 Å². The van der Waals surface area contributed by atoms with Crippen molar-refractivity contribution in [2.24, 2.45) is 0 Å². The van der Waals surface area contributed by atoms with Crippen molar-refractivity contribution in [3.8, 4) is 5.75 Å². The third-order valence-corrected chi connectivity index (χ3v) is 6.84. The summed E-state index contributed by atoms with van der Waals surface area (Å²) >= 11 is 0. The van der Waals surface area contributed by atoms with E-state index in [9.17, 15) is 28.0 Å². The van der Waals surface area contributed by atoms with Crippen LogP contribution in [-0.4, -0.2) is 58.0 Å². The lowest BCUT2D eigenvalue weighted by atomic mass is 10.1. The minimum atomic E-state index is -4.33. The van der Waals surface area contributed by atoms with Gasteiger partial charge in [0.05, 0.1) is 13.2 Å². The van der Waals surface area contributed by atoms with Crippen molar-refractivity contribution in [1.82, 2.24) is 14.6 Å². The topological polar surface area (TPSA) is 138 Å². The summed E-state index contributed by atoms with van der Waals surface area (Å²) in [5.74, 6) is -4.42. The Hall–Kier alpha value is -2.70. The molecule has 4 rings (SSSR count). The Morgan fingerprint density at radius 3 is 2.71 bits per heavy atom. The number of nitrogens with zero attached hydrogens (tertiary/aromatic N) is 2. The summed E-state index contributed by atoms with van der Waals surface area (Å²) < 4.78 is 64.2. The van der Waals surface area contributed by atoms with Crippen LogP contribution in [-0.2, 0) is 23.4 Å². The van der Waals surface area contributed by atoms with Crippen LogP contribution in [0.1, 0.15) is 18.2 Å². The van der Waals surface area contributed by atoms with E-state index in [0.717, 1.165) is 18.0 Å². The van der Waals surface area contributed by atoms with Gasteiger partial charge < -0.3 is 19.1 Å². The fourth-order valence-electron chi connectivity index (χ4n) is 3.46. The summed E-state index contributed by atoms with van der Waals surface area (Å²) in [6.07, 6.45) is -3.87. The molecule has 34 heavy (non-hydrogen) atoms. The third-order valence-electron chi connectivity index (χ3n) is 5.28. The maximum Gasteiger partial charge on any atom is 0.459 e. The highest BCUT2D eigenvalue weighted by atomic mass is 31.2. The Morgan fingerprint density at radius 1 is 1.32 bits per heavy atom. The Balaban J connectivity index is 1.52. The molecule has 0 radical (unpaired) electrons. The minimum Gasteiger partial charge on any atom is -0.464 e. The SMILES string of the molecule is Cc1ccc(OP(=O)(N[C@H]2CCOC2=O)OC[C@H]2O[C@@H](n3cccnc3=O)C(F)(F)[C@@H]2O)cc1. The lowest BCUT2D eigenvalue weighted by Gasteiger charge is -2.24. The highest BCUT2D eigenvalue weighted by molar-refractivity contribution is 7.52. The molecule has 1 unspecified atom stereocenters. The Morgan fingerprint density at radius 2 is 2.06 bits per heavy atom. The normalized spacial score (nSPS) is 27.8. The quantitative estimate of drug-likeness (QED) is 0.405. The molecule has 3 heterocycles. The van der Waals surface area contributed by atoms with E-state index < -0.39 is 56.4 Å². The number of benzene rings is 1. The predicted octanol–water partition coefficient (Wildman–Crippen LogP) is 1.55. The van der Waals surface area contributed by atoms with E-state index in [1.165, 1.54) is 18.2 Å². The molecule has 2 saturated heterocycles. The number of rotatable bonds is 8. The summed E-state index contributed by atoms with van der Waals surface area (Å²) in [6.45, 7) is 1.12. The van der Waals surface area contributed by atoms with Crippen LogP contribution < -0.4 is 15.3 Å². The average molecular weight is 501 g/mol. The standard InChI is InChI=1S/C20H22F2N3O8P/c1-12-3-5-13(6-4-12)33-34(29,24-14-7-10-30-17(14)27)31-11-15-16(26)20(21,22)18(32-15)25-9-2-8-23-19(25)28/h2-6,8-9,14-16,18,26H,7,10-11H2,1H3,(H,24,29)/t14-,15+,16+,18+,34?/m0/s1. The molecule has 0 saturated carbocycles. The summed E-state index contributed by atoms with van der Waals surface area (Å²) in [5.41, 5.74) is -0.104. The highest BCUT2D eigenvalue weighted by Crippen LogP contribution is 2.48. The molecule has 0 aliphatic carbocycles. The second kappa shape index (κ2) is 9.51. The van der Waals surface area contributed by atoms with Crippen molar-refractivity contribution in [2.75, 3.05) is 13.2 Å². The first-order chi connectivity index (χ1) is 16.1. The largest absolute Gasteiger partial charge is 0.464 e. The molecular formula is C20H22F2N3O8P. The molecule has 2 aromatic rings. The van der Waals surface area contributed by atoms with Crippen LogP contribution in [0.3, 0.4) is 0 Å². The molecule has 1 aromatic carbocycles. The third kappa shape index (κ3) is 5.03. The maximum atomic E-state index is 14.7. The molecule has 2 aliphatic rings. The maximum absolute atomic E-state index is 14.7. The summed E-state index contributed by atoms with van der Waals surface area (Å²) in [7, 11) is -4.33. The monoisotopic (exact) mass is 501 g/mol. The first-order valence-corrected chi connectivity index (χ1v) is 11.8. The Bertz CT molecular complexity index is 1150. The van der Waals surface area contributed by atoms with Gasteiger partial charge in [0, 0.05) is 18.8 Å². The molecular weight excluding hydrogens is 479 g/mol. The fourth-order valence-corrected chi connectivity index (χ4v) is 4.99. The van der Waals surface area contributed by atoms with Gasteiger partial charge >= 0.3 is 25.3 Å². The van der Waals surface area contributed by atoms with Gasteiger partial charge in [-0.3, -0.25) is 13.9 Å². The van der Waals surface area contributed by atoms with E-state index in [1.807, 2.05) is 6.92 Å². The zero-order valence-electron chi connectivity index (χ0n) is 17.9. The van der Waals surface area contributed by atoms with Crippen LogP contribution >= 0.6 is 7.75 Å². The van der Waals surface area contributed by atoms with Crippen molar-refractivity contribution in [3.63, 3.8) is 0 Å². The first-order valence-electron chi connectivity index (χ1n) is 10.3. The van der Waals surface area contributed by atoms with Crippen molar-refractivity contribution >= 4 is 13.7 Å². The molecule has 2 aliphatic heterocycles. The number of ether oxygens (including phenoxy) is 2. The molecule has 5 atom stereocenters. The van der Waals surface area contributed by atoms with Gasteiger partial charge in [-0.15, -0.1) is 0 Å². The Kier molecular flexibility index (Phi) is 6.83. The van der Waals surface area contributed by atoms with Gasteiger partial charge in [0.1, 0.15) is 17.9 Å². The number of carbonyl (C=O) groups excluding carboxylic acids is 1. The molecule has 14 heteroatoms. The second-order valence-electron chi connectivity index (χ2n) is 7.79. The van der Waals surface area contributed by atoms with E-state index in [1.54, 1.807) is 12.1 Å². The number of hydrogen-bond donors (Lipinski definition) is 2. The van der Waals surface area contributed by atoms with Crippen LogP contribution in [0.25, 0.3) is 0 Å². The van der Waals surface area contributed by atoms with E-state index in [4.69, 9.17) is 18.5 Å². The minimum absolute atomic E-state index is 0.0965. The molecule has 2 fully saturated rings. The van der Waals surface area contributed by atoms with E-state index in [2.05, 4.69) is 10.1 Å². The fraction of sp³-hybridized carbons (Fsp3) is 0.450. The number of cyclic esters (lactones) is 1. The number of hydrogen-bond acceptors (Lipinski definition) is 9. The lowest BCUT2D eigenvalue weighted by Crippen LogP contribution is -2.42. The molecule has 0 amide bonds. The van der Waals surface area contributed by atoms with Gasteiger partial charge in [-0.1, -0.05) is 17.7 Å². The number of nitrogens with one attached hydrogen (secondary N) is 1. The molecule has 184 valence electrons. The second-order valence-corrected chi connectivity index (χ2v) is 9.49. The molecule has 1 aromatic heterocycles. The molecule has 2 N–H and O–H groups in total. The first kappa shape index (κ1) is 24.4. The number of aliphatic hydroxyl groups is 1. The predicted molar refractivity (Wildman–Crippen MR) is 111 cm³/mol. The molecule has 0 bridgehead atoms. The van der Waals surface area contributed by atoms with Crippen molar-refractivity contribution in [2.45, 2.75) is 43.7 Å². The van der Waals surface area contributed by atoms with Gasteiger partial charge in [0.15, 0.2) is 6.10 Å². The van der Waals surface area contributed by atoms with Gasteiger partial charge in [-0.05, 0) is 25.1 Å². The van der Waals surface area contributed by atoms with Gasteiger partial charge in [-0.2, -0.15) is 13.9 Å². The number of aromatic nitrogens is 2. The summed E-state index contributed by atoms with van der Waals surface area (Å²) in [5, 5.41) is 12.6. The highest BCUT2D eigenvalue weighted by Gasteiger charge is 2.60. The zero-order chi connectivity index (χ0) is 24.5. The molecule has 0 spiro atoms. The van der Waals surface area contributed by atoms with Gasteiger partial charge in [0.2, 0.25) is 6.23 Å². The van der Waals surface area contributed by atoms with E-state index >= 15 is 0 Å². The van der Waals surface area contributed by atoms with Crippen LogP contribution in [0.4, 0.5) is 8.78 Å². The van der Waals surface area contributed by atoms with Gasteiger partial charge in [0.25, 0.3) is 0 Å². The lowest BCUT2D eigenvalue weighted by molar-refractivity contribution is -0.141. The number of alkyl halides is 2. The van der Waals surface area contributed by atoms with Crippen molar-refractivity contribution < 1.29 is 41.8 Å². The number of carbonyl (C=O) groups is 1.